The SMILES string of the molecule is CNCC(C)CN(CCC(C)C)C1CCCC1. The Hall–Kier alpha value is -0.0800. The molecular weight excluding hydrogens is 208 g/mol. The van der Waals surface area contributed by atoms with Crippen molar-refractivity contribution in [3.8, 4) is 0 Å². The van der Waals surface area contributed by atoms with Gasteiger partial charge in [-0.1, -0.05) is 33.6 Å². The van der Waals surface area contributed by atoms with Gasteiger partial charge in [0, 0.05) is 12.6 Å². The highest BCUT2D eigenvalue weighted by Gasteiger charge is 2.23. The molecule has 1 unspecified atom stereocenters. The van der Waals surface area contributed by atoms with Crippen LogP contribution in [-0.4, -0.2) is 37.6 Å². The summed E-state index contributed by atoms with van der Waals surface area (Å²) >= 11 is 0. The Bertz CT molecular complexity index is 185. The molecule has 2 nitrogen and oxygen atoms in total. The summed E-state index contributed by atoms with van der Waals surface area (Å²) in [5.74, 6) is 1.60. The molecule has 0 heterocycles. The highest BCUT2D eigenvalue weighted by atomic mass is 15.2. The largest absolute Gasteiger partial charge is 0.319 e. The van der Waals surface area contributed by atoms with Crippen LogP contribution in [0, 0.1) is 11.8 Å². The van der Waals surface area contributed by atoms with Crippen LogP contribution in [0.4, 0.5) is 0 Å². The second kappa shape index (κ2) is 8.10. The zero-order valence-corrected chi connectivity index (χ0v) is 12.3. The molecule has 1 N–H and O–H groups in total. The Morgan fingerprint density at radius 1 is 1.18 bits per heavy atom. The molecule has 0 saturated heterocycles. The molecule has 17 heavy (non-hydrogen) atoms. The van der Waals surface area contributed by atoms with Gasteiger partial charge in [-0.05, 0) is 51.2 Å². The van der Waals surface area contributed by atoms with Crippen LogP contribution >= 0.6 is 0 Å². The minimum atomic E-state index is 0.771. The molecule has 0 aliphatic heterocycles. The summed E-state index contributed by atoms with van der Waals surface area (Å²) in [5.41, 5.74) is 0. The Morgan fingerprint density at radius 2 is 1.82 bits per heavy atom. The van der Waals surface area contributed by atoms with Gasteiger partial charge in [-0.3, -0.25) is 0 Å². The standard InChI is InChI=1S/C15H32N2/c1-13(2)9-10-17(12-14(3)11-16-4)15-7-5-6-8-15/h13-16H,5-12H2,1-4H3. The van der Waals surface area contributed by atoms with Crippen LogP contribution in [0.2, 0.25) is 0 Å². The number of nitrogens with one attached hydrogen (secondary N) is 1. The van der Waals surface area contributed by atoms with E-state index in [-0.39, 0.29) is 0 Å². The van der Waals surface area contributed by atoms with Gasteiger partial charge in [-0.2, -0.15) is 0 Å². The zero-order valence-electron chi connectivity index (χ0n) is 12.3. The quantitative estimate of drug-likeness (QED) is 0.701. The molecule has 0 aromatic heterocycles. The molecule has 0 amide bonds. The Labute approximate surface area is 108 Å². The van der Waals surface area contributed by atoms with Gasteiger partial charge >= 0.3 is 0 Å². The minimum Gasteiger partial charge on any atom is -0.319 e. The fourth-order valence-electron chi connectivity index (χ4n) is 2.93. The van der Waals surface area contributed by atoms with Crippen LogP contribution in [-0.2, 0) is 0 Å². The number of hydrogen-bond donors (Lipinski definition) is 1. The first-order valence-electron chi connectivity index (χ1n) is 7.52. The normalized spacial score (nSPS) is 19.4. The van der Waals surface area contributed by atoms with Gasteiger partial charge in [-0.15, -0.1) is 0 Å². The van der Waals surface area contributed by atoms with Gasteiger partial charge in [0.25, 0.3) is 0 Å². The summed E-state index contributed by atoms with van der Waals surface area (Å²) in [6.45, 7) is 10.8. The molecule has 0 aromatic carbocycles. The lowest BCUT2D eigenvalue weighted by molar-refractivity contribution is 0.163. The Kier molecular flexibility index (Phi) is 7.14. The predicted octanol–water partition coefficient (Wildman–Crippen LogP) is 3.13. The number of nitrogens with zero attached hydrogens (tertiary/aromatic N) is 1. The van der Waals surface area contributed by atoms with Crippen molar-refractivity contribution < 1.29 is 0 Å². The highest BCUT2D eigenvalue weighted by molar-refractivity contribution is 4.79. The summed E-state index contributed by atoms with van der Waals surface area (Å²) in [6.07, 6.45) is 7.12. The fourth-order valence-corrected chi connectivity index (χ4v) is 2.93. The second-order valence-electron chi connectivity index (χ2n) is 6.28. The van der Waals surface area contributed by atoms with Crippen LogP contribution in [0.25, 0.3) is 0 Å². The molecule has 1 aliphatic carbocycles. The number of hydrogen-bond acceptors (Lipinski definition) is 2. The molecule has 0 aromatic rings. The summed E-state index contributed by atoms with van der Waals surface area (Å²) in [5, 5.41) is 3.30. The first-order valence-corrected chi connectivity index (χ1v) is 7.52. The molecule has 1 atom stereocenters. The molecular formula is C15H32N2. The summed E-state index contributed by atoms with van der Waals surface area (Å²) in [7, 11) is 2.06. The molecule has 1 saturated carbocycles. The molecule has 1 aliphatic rings. The fraction of sp³-hybridized carbons (Fsp3) is 1.00. The monoisotopic (exact) mass is 240 g/mol. The van der Waals surface area contributed by atoms with E-state index in [2.05, 4.69) is 38.0 Å². The third-order valence-electron chi connectivity index (χ3n) is 3.93. The molecule has 0 radical (unpaired) electrons. The molecule has 1 rings (SSSR count). The summed E-state index contributed by atoms with van der Waals surface area (Å²) in [6, 6.07) is 0.882. The Balaban J connectivity index is 2.39. The second-order valence-corrected chi connectivity index (χ2v) is 6.28. The van der Waals surface area contributed by atoms with E-state index in [0.29, 0.717) is 0 Å². The lowest BCUT2D eigenvalue weighted by atomic mass is 10.1. The third-order valence-corrected chi connectivity index (χ3v) is 3.93. The first kappa shape index (κ1) is 15.0. The van der Waals surface area contributed by atoms with Crippen molar-refractivity contribution >= 4 is 0 Å². The van der Waals surface area contributed by atoms with E-state index in [1.807, 2.05) is 0 Å². The predicted molar refractivity (Wildman–Crippen MR) is 76.4 cm³/mol. The van der Waals surface area contributed by atoms with Gasteiger partial charge in [-0.25, -0.2) is 0 Å². The maximum Gasteiger partial charge on any atom is 0.00953 e. The lowest BCUT2D eigenvalue weighted by Crippen LogP contribution is -2.39. The average molecular weight is 240 g/mol. The van der Waals surface area contributed by atoms with Gasteiger partial charge in [0.05, 0.1) is 0 Å². The van der Waals surface area contributed by atoms with E-state index in [9.17, 15) is 0 Å². The van der Waals surface area contributed by atoms with Gasteiger partial charge in [0.1, 0.15) is 0 Å². The van der Waals surface area contributed by atoms with Crippen molar-refractivity contribution in [2.24, 2.45) is 11.8 Å². The topological polar surface area (TPSA) is 15.3 Å². The molecule has 102 valence electrons. The summed E-state index contributed by atoms with van der Waals surface area (Å²) in [4.78, 5) is 2.77. The van der Waals surface area contributed by atoms with Gasteiger partial charge in [0.15, 0.2) is 0 Å². The van der Waals surface area contributed by atoms with Crippen LogP contribution in [0.3, 0.4) is 0 Å². The van der Waals surface area contributed by atoms with Crippen molar-refractivity contribution in [2.45, 2.75) is 58.9 Å². The van der Waals surface area contributed by atoms with E-state index in [1.54, 1.807) is 0 Å². The third kappa shape index (κ3) is 5.87. The summed E-state index contributed by atoms with van der Waals surface area (Å²) < 4.78 is 0. The maximum atomic E-state index is 3.30. The molecule has 2 heteroatoms. The highest BCUT2D eigenvalue weighted by Crippen LogP contribution is 2.24. The number of rotatable bonds is 8. The van der Waals surface area contributed by atoms with E-state index in [4.69, 9.17) is 0 Å². The van der Waals surface area contributed by atoms with Crippen molar-refractivity contribution in [3.63, 3.8) is 0 Å². The van der Waals surface area contributed by atoms with Gasteiger partial charge < -0.3 is 10.2 Å². The van der Waals surface area contributed by atoms with E-state index in [1.165, 1.54) is 45.2 Å². The lowest BCUT2D eigenvalue weighted by Gasteiger charge is -2.32. The minimum absolute atomic E-state index is 0.771. The van der Waals surface area contributed by atoms with E-state index >= 15 is 0 Å². The van der Waals surface area contributed by atoms with Crippen molar-refractivity contribution in [3.05, 3.63) is 0 Å². The van der Waals surface area contributed by atoms with Crippen LogP contribution in [0.15, 0.2) is 0 Å². The van der Waals surface area contributed by atoms with Gasteiger partial charge in [0.2, 0.25) is 0 Å². The maximum absolute atomic E-state index is 3.30. The molecule has 0 spiro atoms. The van der Waals surface area contributed by atoms with Crippen molar-refractivity contribution in [2.75, 3.05) is 26.7 Å². The molecule has 0 bridgehead atoms. The zero-order chi connectivity index (χ0) is 12.7. The van der Waals surface area contributed by atoms with Crippen LogP contribution in [0.5, 0.6) is 0 Å². The van der Waals surface area contributed by atoms with Crippen LogP contribution < -0.4 is 5.32 Å². The van der Waals surface area contributed by atoms with Crippen LogP contribution in [0.1, 0.15) is 52.9 Å². The average Bonchev–Trinajstić information content (AvgIpc) is 2.77. The van der Waals surface area contributed by atoms with E-state index < -0.39 is 0 Å². The van der Waals surface area contributed by atoms with Crippen molar-refractivity contribution in [1.29, 1.82) is 0 Å². The molecule has 1 fully saturated rings. The smallest absolute Gasteiger partial charge is 0.00953 e. The first-order chi connectivity index (χ1) is 8.13. The van der Waals surface area contributed by atoms with Crippen molar-refractivity contribution in [1.82, 2.24) is 10.2 Å². The Morgan fingerprint density at radius 3 is 2.35 bits per heavy atom. The van der Waals surface area contributed by atoms with E-state index in [0.717, 1.165) is 24.4 Å².